The minimum absolute atomic E-state index is 0.306. The maximum atomic E-state index is 11.2. The molecule has 0 aromatic carbocycles. The van der Waals surface area contributed by atoms with Gasteiger partial charge >= 0.3 is 0 Å². The Kier molecular flexibility index (Phi) is 3.72. The molecular weight excluding hydrogens is 222 g/mol. The molecule has 0 aliphatic carbocycles. The van der Waals surface area contributed by atoms with Crippen molar-refractivity contribution >= 4 is 16.0 Å². The van der Waals surface area contributed by atoms with E-state index in [1.165, 1.54) is 24.5 Å². The van der Waals surface area contributed by atoms with Crippen molar-refractivity contribution in [1.29, 1.82) is 0 Å². The van der Waals surface area contributed by atoms with Crippen LogP contribution >= 0.6 is 0 Å². The highest BCUT2D eigenvalue weighted by atomic mass is 32.2. The number of nitrogens with one attached hydrogen (secondary N) is 2. The Morgan fingerprint density at radius 3 is 2.53 bits per heavy atom. The number of amides is 1. The Bertz CT molecular complexity index is 431. The fraction of sp³-hybridized carbons (Fsp3) is 0.143. The maximum absolute atomic E-state index is 11.2. The van der Waals surface area contributed by atoms with Crippen LogP contribution in [-0.4, -0.2) is 29.7 Å². The van der Waals surface area contributed by atoms with Crippen molar-refractivity contribution in [2.45, 2.75) is 0 Å². The van der Waals surface area contributed by atoms with Crippen LogP contribution in [0.1, 0.15) is 10.4 Å². The highest BCUT2D eigenvalue weighted by Crippen LogP contribution is 1.94. The Balaban J connectivity index is 2.45. The Morgan fingerprint density at radius 1 is 1.40 bits per heavy atom. The maximum Gasteiger partial charge on any atom is 0.265 e. The van der Waals surface area contributed by atoms with Crippen LogP contribution in [-0.2, 0) is 10.1 Å². The predicted molar refractivity (Wildman–Crippen MR) is 49.4 cm³/mol. The average molecular weight is 230 g/mol. The lowest BCUT2D eigenvalue weighted by atomic mass is 10.3. The summed E-state index contributed by atoms with van der Waals surface area (Å²) in [5.41, 5.74) is 4.37. The number of carbonyl (C=O) groups is 1. The molecule has 1 amide bonds. The van der Waals surface area contributed by atoms with E-state index in [1.54, 1.807) is 0 Å². The van der Waals surface area contributed by atoms with E-state index in [1.807, 2.05) is 5.43 Å². The lowest BCUT2D eigenvalue weighted by Crippen LogP contribution is -2.40. The van der Waals surface area contributed by atoms with Gasteiger partial charge < -0.3 is 4.55 Å². The van der Waals surface area contributed by atoms with Gasteiger partial charge in [-0.2, -0.15) is 0 Å². The third-order valence-corrected chi connectivity index (χ3v) is 1.89. The third kappa shape index (κ3) is 4.49. The zero-order chi connectivity index (χ0) is 11.3. The summed E-state index contributed by atoms with van der Waals surface area (Å²) in [4.78, 5) is 14.9. The summed E-state index contributed by atoms with van der Waals surface area (Å²) in [7, 11) is -4.39. The molecule has 0 atom stereocenters. The molecule has 0 aliphatic rings. The zero-order valence-electron chi connectivity index (χ0n) is 7.50. The molecule has 15 heavy (non-hydrogen) atoms. The molecule has 0 saturated carbocycles. The molecule has 0 bridgehead atoms. The van der Waals surface area contributed by atoms with Crippen LogP contribution in [0.2, 0.25) is 0 Å². The predicted octanol–water partition coefficient (Wildman–Crippen LogP) is -1.18. The molecule has 0 aliphatic heterocycles. The monoisotopic (exact) mass is 230 g/mol. The van der Waals surface area contributed by atoms with Gasteiger partial charge in [-0.15, -0.1) is 0 Å². The van der Waals surface area contributed by atoms with Gasteiger partial charge in [0, 0.05) is 18.0 Å². The molecule has 0 unspecified atom stereocenters. The van der Waals surface area contributed by atoms with Gasteiger partial charge in [0.15, 0.2) is 0 Å². The van der Waals surface area contributed by atoms with E-state index in [2.05, 4.69) is 10.4 Å². The van der Waals surface area contributed by atoms with E-state index in [-0.39, 0.29) is 0 Å². The molecule has 0 spiro atoms. The minimum Gasteiger partial charge on any atom is -0.747 e. The summed E-state index contributed by atoms with van der Waals surface area (Å²) in [5, 5.41) is 0. The third-order valence-electron chi connectivity index (χ3n) is 1.39. The van der Waals surface area contributed by atoms with E-state index in [9.17, 15) is 17.8 Å². The molecular formula is C7H8N3O4S-. The van der Waals surface area contributed by atoms with Gasteiger partial charge in [-0.1, -0.05) is 0 Å². The second kappa shape index (κ2) is 4.82. The van der Waals surface area contributed by atoms with Crippen LogP contribution in [0.5, 0.6) is 0 Å². The van der Waals surface area contributed by atoms with Crippen molar-refractivity contribution < 1.29 is 17.8 Å². The number of hydrogen-bond donors (Lipinski definition) is 2. The van der Waals surface area contributed by atoms with E-state index in [4.69, 9.17) is 0 Å². The fourth-order valence-corrected chi connectivity index (χ4v) is 1.03. The van der Waals surface area contributed by atoms with E-state index >= 15 is 0 Å². The Morgan fingerprint density at radius 2 is 2.00 bits per heavy atom. The first kappa shape index (κ1) is 11.6. The number of carbonyl (C=O) groups excluding carboxylic acids is 1. The SMILES string of the molecule is O=C(NNCS(=O)(=O)[O-])c1ccncc1. The van der Waals surface area contributed by atoms with Gasteiger partial charge in [0.25, 0.3) is 5.91 Å². The van der Waals surface area contributed by atoms with Crippen molar-refractivity contribution in [2.24, 2.45) is 0 Å². The van der Waals surface area contributed by atoms with Gasteiger partial charge in [-0.25, -0.2) is 13.8 Å². The van der Waals surface area contributed by atoms with Crippen molar-refractivity contribution in [3.63, 3.8) is 0 Å². The molecule has 7 nitrogen and oxygen atoms in total. The highest BCUT2D eigenvalue weighted by molar-refractivity contribution is 7.85. The largest absolute Gasteiger partial charge is 0.747 e. The first-order valence-corrected chi connectivity index (χ1v) is 5.43. The molecule has 1 aromatic heterocycles. The highest BCUT2D eigenvalue weighted by Gasteiger charge is 2.03. The topological polar surface area (TPSA) is 111 Å². The van der Waals surface area contributed by atoms with E-state index in [0.717, 1.165) is 0 Å². The number of pyridine rings is 1. The number of hydrogen-bond acceptors (Lipinski definition) is 6. The normalized spacial score (nSPS) is 11.0. The molecule has 1 heterocycles. The number of nitrogens with zero attached hydrogens (tertiary/aromatic N) is 1. The van der Waals surface area contributed by atoms with E-state index in [0.29, 0.717) is 5.56 Å². The van der Waals surface area contributed by atoms with Gasteiger partial charge in [0.2, 0.25) is 0 Å². The first-order chi connectivity index (χ1) is 6.99. The fourth-order valence-electron chi connectivity index (χ4n) is 0.780. The smallest absolute Gasteiger partial charge is 0.265 e. The Labute approximate surface area is 86.2 Å². The van der Waals surface area contributed by atoms with Crippen LogP contribution in [0.25, 0.3) is 0 Å². The summed E-state index contributed by atoms with van der Waals surface area (Å²) in [6, 6.07) is 2.89. The number of aromatic nitrogens is 1. The van der Waals surface area contributed by atoms with Gasteiger partial charge in [-0.05, 0) is 12.1 Å². The van der Waals surface area contributed by atoms with Crippen molar-refractivity contribution in [3.8, 4) is 0 Å². The zero-order valence-corrected chi connectivity index (χ0v) is 8.32. The average Bonchev–Trinajstić information content (AvgIpc) is 2.17. The lowest BCUT2D eigenvalue weighted by Gasteiger charge is -2.09. The molecule has 0 saturated heterocycles. The Hall–Kier alpha value is -1.51. The van der Waals surface area contributed by atoms with Crippen LogP contribution < -0.4 is 10.9 Å². The van der Waals surface area contributed by atoms with Crippen molar-refractivity contribution in [1.82, 2.24) is 15.8 Å². The summed E-state index contributed by atoms with van der Waals surface area (Å²) in [6.07, 6.45) is 2.83. The molecule has 0 fully saturated rings. The standard InChI is InChI=1S/C7H9N3O4S/c11-7(6-1-3-8-4-2-6)10-9-5-15(12,13)14/h1-4,9H,5H2,(H,10,11)(H,12,13,14)/p-1. The van der Waals surface area contributed by atoms with Crippen LogP contribution in [0, 0.1) is 0 Å². The molecule has 0 radical (unpaired) electrons. The van der Waals surface area contributed by atoms with Crippen molar-refractivity contribution in [3.05, 3.63) is 30.1 Å². The molecule has 1 aromatic rings. The molecule has 2 N–H and O–H groups in total. The quantitative estimate of drug-likeness (QED) is 0.497. The second-order valence-corrected chi connectivity index (χ2v) is 3.97. The lowest BCUT2D eigenvalue weighted by molar-refractivity contribution is 0.0936. The van der Waals surface area contributed by atoms with Gasteiger partial charge in [0.1, 0.15) is 16.0 Å². The van der Waals surface area contributed by atoms with Crippen LogP contribution in [0.4, 0.5) is 0 Å². The number of hydrazine groups is 1. The van der Waals surface area contributed by atoms with Crippen LogP contribution in [0.3, 0.4) is 0 Å². The second-order valence-electron chi connectivity index (χ2n) is 2.57. The number of rotatable bonds is 4. The minimum atomic E-state index is -4.39. The van der Waals surface area contributed by atoms with Crippen molar-refractivity contribution in [2.75, 3.05) is 5.88 Å². The summed E-state index contributed by atoms with van der Waals surface area (Å²) >= 11 is 0. The first-order valence-electron chi connectivity index (χ1n) is 3.86. The summed E-state index contributed by atoms with van der Waals surface area (Å²) in [5.74, 6) is -1.40. The molecule has 82 valence electrons. The van der Waals surface area contributed by atoms with E-state index < -0.39 is 21.9 Å². The summed E-state index contributed by atoms with van der Waals surface area (Å²) < 4.78 is 30.5. The molecule has 1 rings (SSSR count). The van der Waals surface area contributed by atoms with Crippen LogP contribution in [0.15, 0.2) is 24.5 Å². The van der Waals surface area contributed by atoms with Gasteiger partial charge in [-0.3, -0.25) is 15.2 Å². The summed E-state index contributed by atoms with van der Waals surface area (Å²) in [6.45, 7) is 0. The van der Waals surface area contributed by atoms with Gasteiger partial charge in [0.05, 0.1) is 0 Å². The molecule has 8 heteroatoms.